The fourth-order valence-corrected chi connectivity index (χ4v) is 2.43. The second-order valence-corrected chi connectivity index (χ2v) is 6.03. The van der Waals surface area contributed by atoms with Gasteiger partial charge in [0.05, 0.1) is 11.6 Å². The number of halogens is 1. The predicted molar refractivity (Wildman–Crippen MR) is 88.6 cm³/mol. The third-order valence-electron chi connectivity index (χ3n) is 2.47. The molecule has 0 saturated carbocycles. The smallest absolute Gasteiger partial charge is 0.119 e. The Kier molecular flexibility index (Phi) is 6.61. The van der Waals surface area contributed by atoms with Crippen molar-refractivity contribution in [3.8, 4) is 17.6 Å². The fourth-order valence-electron chi connectivity index (χ4n) is 1.53. The Hall–Kier alpha value is -1.48. The van der Waals surface area contributed by atoms with Crippen LogP contribution in [0.3, 0.4) is 0 Å². The van der Waals surface area contributed by atoms with Gasteiger partial charge in [-0.25, -0.2) is 4.98 Å². The van der Waals surface area contributed by atoms with E-state index in [0.717, 1.165) is 26.6 Å². The first kappa shape index (κ1) is 15.9. The molecule has 0 fully saturated rings. The first-order chi connectivity index (χ1) is 10.3. The Balaban J connectivity index is 1.74. The molecule has 0 atom stereocenters. The zero-order valence-corrected chi connectivity index (χ0v) is 13.7. The Morgan fingerprint density at radius 1 is 1.19 bits per heavy atom. The van der Waals surface area contributed by atoms with Crippen LogP contribution in [0.5, 0.6) is 5.75 Å². The van der Waals surface area contributed by atoms with E-state index in [0.29, 0.717) is 6.61 Å². The van der Waals surface area contributed by atoms with E-state index in [1.807, 2.05) is 36.4 Å². The lowest BCUT2D eigenvalue weighted by Gasteiger charge is -2.05. The molecule has 0 aliphatic heterocycles. The minimum atomic E-state index is -0.125. The minimum Gasteiger partial charge on any atom is -0.493 e. The van der Waals surface area contributed by atoms with Crippen molar-refractivity contribution < 1.29 is 9.84 Å². The molecule has 0 bridgehead atoms. The zero-order valence-electron chi connectivity index (χ0n) is 11.3. The minimum absolute atomic E-state index is 0.125. The van der Waals surface area contributed by atoms with Gasteiger partial charge in [-0.1, -0.05) is 11.8 Å². The summed E-state index contributed by atoms with van der Waals surface area (Å²) in [7, 11) is 0. The third-order valence-corrected chi connectivity index (χ3v) is 3.85. The van der Waals surface area contributed by atoms with E-state index in [9.17, 15) is 0 Å². The molecule has 2 rings (SSSR count). The average molecular weight is 364 g/mol. The number of hydrogen-bond acceptors (Lipinski definition) is 4. The van der Waals surface area contributed by atoms with Crippen molar-refractivity contribution in [1.82, 2.24) is 4.98 Å². The van der Waals surface area contributed by atoms with Crippen molar-refractivity contribution in [3.63, 3.8) is 0 Å². The van der Waals surface area contributed by atoms with Gasteiger partial charge in [0.1, 0.15) is 12.4 Å². The summed E-state index contributed by atoms with van der Waals surface area (Å²) >= 11 is 5.01. The van der Waals surface area contributed by atoms with Gasteiger partial charge in [0.15, 0.2) is 0 Å². The lowest BCUT2D eigenvalue weighted by atomic mass is 10.2. The number of aliphatic hydroxyl groups is 1. The summed E-state index contributed by atoms with van der Waals surface area (Å²) in [6.07, 6.45) is 1.79. The lowest BCUT2D eigenvalue weighted by Crippen LogP contribution is -2.00. The molecule has 0 aliphatic rings. The van der Waals surface area contributed by atoms with Crippen LogP contribution in [0.1, 0.15) is 5.56 Å². The zero-order chi connectivity index (χ0) is 14.9. The highest BCUT2D eigenvalue weighted by Gasteiger charge is 1.97. The first-order valence-corrected chi connectivity index (χ1v) is 8.13. The van der Waals surface area contributed by atoms with Crippen molar-refractivity contribution in [3.05, 3.63) is 52.6 Å². The van der Waals surface area contributed by atoms with Crippen LogP contribution in [0.25, 0.3) is 0 Å². The van der Waals surface area contributed by atoms with E-state index >= 15 is 0 Å². The maximum atomic E-state index is 8.63. The molecule has 0 unspecified atom stereocenters. The summed E-state index contributed by atoms with van der Waals surface area (Å²) in [5.41, 5.74) is 0.866. The molecule has 0 spiro atoms. The normalized spacial score (nSPS) is 9.81. The fraction of sp³-hybridized carbons (Fsp3) is 0.188. The van der Waals surface area contributed by atoms with Gasteiger partial charge in [0.2, 0.25) is 0 Å². The van der Waals surface area contributed by atoms with Gasteiger partial charge in [-0.15, -0.1) is 11.8 Å². The molecule has 0 aliphatic carbocycles. The quantitative estimate of drug-likeness (QED) is 0.502. The second kappa shape index (κ2) is 8.73. The van der Waals surface area contributed by atoms with Gasteiger partial charge in [0.25, 0.3) is 0 Å². The molecule has 1 heterocycles. The first-order valence-electron chi connectivity index (χ1n) is 6.35. The number of aromatic nitrogens is 1. The Morgan fingerprint density at radius 3 is 2.67 bits per heavy atom. The van der Waals surface area contributed by atoms with E-state index in [4.69, 9.17) is 9.84 Å². The Labute approximate surface area is 136 Å². The van der Waals surface area contributed by atoms with E-state index in [1.165, 1.54) is 0 Å². The van der Waals surface area contributed by atoms with Crippen LogP contribution < -0.4 is 4.74 Å². The SMILES string of the molecule is OCC#Cc1ccc(OCCSc2ccc(Br)cn2)cc1. The number of nitrogens with zero attached hydrogens (tertiary/aromatic N) is 1. The molecule has 0 radical (unpaired) electrons. The maximum Gasteiger partial charge on any atom is 0.119 e. The third kappa shape index (κ3) is 5.80. The van der Waals surface area contributed by atoms with E-state index in [2.05, 4.69) is 32.8 Å². The van der Waals surface area contributed by atoms with E-state index < -0.39 is 0 Å². The Bertz CT molecular complexity index is 617. The number of thioether (sulfide) groups is 1. The van der Waals surface area contributed by atoms with Gasteiger partial charge in [-0.2, -0.15) is 0 Å². The standard InChI is InChI=1S/C16H14BrNO2S/c17-14-5-8-16(18-12-14)21-11-10-20-15-6-3-13(4-7-15)2-1-9-19/h3-8,12,19H,9-11H2. The van der Waals surface area contributed by atoms with Gasteiger partial charge >= 0.3 is 0 Å². The molecule has 0 saturated heterocycles. The highest BCUT2D eigenvalue weighted by molar-refractivity contribution is 9.10. The topological polar surface area (TPSA) is 42.4 Å². The number of pyridine rings is 1. The van der Waals surface area contributed by atoms with Crippen LogP contribution in [-0.4, -0.2) is 29.1 Å². The van der Waals surface area contributed by atoms with Crippen LogP contribution in [0.2, 0.25) is 0 Å². The van der Waals surface area contributed by atoms with Crippen molar-refractivity contribution >= 4 is 27.7 Å². The molecule has 1 aromatic carbocycles. The molecule has 0 amide bonds. The summed E-state index contributed by atoms with van der Waals surface area (Å²) in [6, 6.07) is 11.5. The van der Waals surface area contributed by atoms with Crippen molar-refractivity contribution in [1.29, 1.82) is 0 Å². The monoisotopic (exact) mass is 363 g/mol. The van der Waals surface area contributed by atoms with Gasteiger partial charge in [-0.05, 0) is 52.3 Å². The highest BCUT2D eigenvalue weighted by Crippen LogP contribution is 2.18. The van der Waals surface area contributed by atoms with E-state index in [1.54, 1.807) is 18.0 Å². The average Bonchev–Trinajstić information content (AvgIpc) is 2.52. The summed E-state index contributed by atoms with van der Waals surface area (Å²) < 4.78 is 6.63. The summed E-state index contributed by atoms with van der Waals surface area (Å²) in [5, 5.41) is 9.61. The van der Waals surface area contributed by atoms with Crippen LogP contribution in [0, 0.1) is 11.8 Å². The van der Waals surface area contributed by atoms with Crippen LogP contribution in [0.4, 0.5) is 0 Å². The van der Waals surface area contributed by atoms with Crippen molar-refractivity contribution in [2.24, 2.45) is 0 Å². The number of ether oxygens (including phenoxy) is 1. The second-order valence-electron chi connectivity index (χ2n) is 4.00. The molecule has 1 N–H and O–H groups in total. The van der Waals surface area contributed by atoms with Crippen LogP contribution in [0.15, 0.2) is 52.1 Å². The predicted octanol–water partition coefficient (Wildman–Crippen LogP) is 3.36. The molecule has 5 heteroatoms. The van der Waals surface area contributed by atoms with Crippen LogP contribution >= 0.6 is 27.7 Å². The largest absolute Gasteiger partial charge is 0.493 e. The number of hydrogen-bond donors (Lipinski definition) is 1. The van der Waals surface area contributed by atoms with Gasteiger partial charge < -0.3 is 9.84 Å². The number of benzene rings is 1. The van der Waals surface area contributed by atoms with Crippen molar-refractivity contribution in [2.75, 3.05) is 19.0 Å². The molecular weight excluding hydrogens is 350 g/mol. The number of rotatable bonds is 5. The molecule has 1 aromatic heterocycles. The van der Waals surface area contributed by atoms with Crippen LogP contribution in [-0.2, 0) is 0 Å². The number of aliphatic hydroxyl groups excluding tert-OH is 1. The summed E-state index contributed by atoms with van der Waals surface area (Å²) in [4.78, 5) is 4.29. The summed E-state index contributed by atoms with van der Waals surface area (Å²) in [5.74, 6) is 7.10. The lowest BCUT2D eigenvalue weighted by molar-refractivity contribution is 0.344. The highest BCUT2D eigenvalue weighted by atomic mass is 79.9. The molecule has 3 nitrogen and oxygen atoms in total. The molecular formula is C16H14BrNO2S. The Morgan fingerprint density at radius 2 is 2.00 bits per heavy atom. The molecule has 2 aromatic rings. The van der Waals surface area contributed by atoms with Gasteiger partial charge in [0, 0.05) is 22.0 Å². The molecule has 21 heavy (non-hydrogen) atoms. The van der Waals surface area contributed by atoms with E-state index in [-0.39, 0.29) is 6.61 Å². The van der Waals surface area contributed by atoms with Gasteiger partial charge in [-0.3, -0.25) is 0 Å². The van der Waals surface area contributed by atoms with Crippen molar-refractivity contribution in [2.45, 2.75) is 5.03 Å². The maximum absolute atomic E-state index is 8.63. The summed E-state index contributed by atoms with van der Waals surface area (Å²) in [6.45, 7) is 0.490. The molecule has 108 valence electrons.